The fourth-order valence-corrected chi connectivity index (χ4v) is 1.34. The van der Waals surface area contributed by atoms with E-state index >= 15 is 0 Å². The summed E-state index contributed by atoms with van der Waals surface area (Å²) in [5, 5.41) is 22.7. The van der Waals surface area contributed by atoms with Gasteiger partial charge in [-0.2, -0.15) is 0 Å². The number of carbonyl (C=O) groups is 2. The van der Waals surface area contributed by atoms with Crippen LogP contribution in [0.1, 0.15) is 19.8 Å². The predicted octanol–water partition coefficient (Wildman–Crippen LogP) is -0.539. The number of aliphatic hydroxyl groups is 1. The average Bonchev–Trinajstić information content (AvgIpc) is 2.24. The molecule has 0 rings (SSSR count). The van der Waals surface area contributed by atoms with E-state index in [1.54, 1.807) is 0 Å². The van der Waals surface area contributed by atoms with Crippen LogP contribution in [0.2, 0.25) is 0 Å². The van der Waals surface area contributed by atoms with Crippen molar-refractivity contribution in [3.05, 3.63) is 0 Å². The van der Waals surface area contributed by atoms with E-state index in [2.05, 4.69) is 10.6 Å². The highest BCUT2D eigenvalue weighted by Crippen LogP contribution is 1.93. The van der Waals surface area contributed by atoms with E-state index in [9.17, 15) is 14.7 Å². The summed E-state index contributed by atoms with van der Waals surface area (Å²) in [4.78, 5) is 24.1. The molecule has 0 bridgehead atoms. The summed E-state index contributed by atoms with van der Waals surface area (Å²) in [6.45, 7) is 2.73. The van der Waals surface area contributed by atoms with Gasteiger partial charge in [0.2, 0.25) is 0 Å². The van der Waals surface area contributed by atoms with Gasteiger partial charge in [-0.25, -0.2) is 9.59 Å². The summed E-state index contributed by atoms with van der Waals surface area (Å²) in [6.07, 6.45) is 0.631. The number of urea groups is 1. The lowest BCUT2D eigenvalue weighted by Gasteiger charge is -2.17. The summed E-state index contributed by atoms with van der Waals surface area (Å²) in [5.74, 6) is -1.26. The zero-order chi connectivity index (χ0) is 14.1. The van der Waals surface area contributed by atoms with Crippen LogP contribution in [0.3, 0.4) is 0 Å². The molecule has 0 saturated carbocycles. The first kappa shape index (κ1) is 16.7. The Labute approximate surface area is 107 Å². The molecule has 0 saturated heterocycles. The number of carboxylic acids is 1. The van der Waals surface area contributed by atoms with Crippen LogP contribution in [-0.2, 0) is 4.79 Å². The zero-order valence-corrected chi connectivity index (χ0v) is 11.1. The summed E-state index contributed by atoms with van der Waals surface area (Å²) in [6, 6.07) is -1.86. The van der Waals surface area contributed by atoms with E-state index in [-0.39, 0.29) is 0 Å². The smallest absolute Gasteiger partial charge is 0.328 e. The second-order valence-electron chi connectivity index (χ2n) is 4.47. The molecule has 0 aliphatic rings. The number of aliphatic carboxylic acids is 1. The fraction of sp³-hybridized carbons (Fsp3) is 0.818. The van der Waals surface area contributed by atoms with Crippen molar-refractivity contribution in [1.29, 1.82) is 0 Å². The van der Waals surface area contributed by atoms with Gasteiger partial charge < -0.3 is 25.7 Å². The fourth-order valence-electron chi connectivity index (χ4n) is 1.34. The lowest BCUT2D eigenvalue weighted by Crippen LogP contribution is -2.51. The normalized spacial score (nSPS) is 14.1. The molecule has 0 fully saturated rings. The van der Waals surface area contributed by atoms with E-state index in [1.165, 1.54) is 6.92 Å². The molecule has 0 spiro atoms. The molecular weight excluding hydrogens is 238 g/mol. The summed E-state index contributed by atoms with van der Waals surface area (Å²) in [5.41, 5.74) is 0. The average molecular weight is 261 g/mol. The van der Waals surface area contributed by atoms with E-state index < -0.39 is 24.1 Å². The minimum Gasteiger partial charge on any atom is -0.480 e. The number of nitrogens with one attached hydrogen (secondary N) is 2. The van der Waals surface area contributed by atoms with Gasteiger partial charge in [0.05, 0.1) is 6.10 Å². The van der Waals surface area contributed by atoms with Crippen molar-refractivity contribution in [2.75, 3.05) is 27.2 Å². The quantitative estimate of drug-likeness (QED) is 0.440. The lowest BCUT2D eigenvalue weighted by molar-refractivity contribution is -0.141. The summed E-state index contributed by atoms with van der Waals surface area (Å²) in [7, 11) is 3.94. The Hall–Kier alpha value is -1.34. The van der Waals surface area contributed by atoms with Crippen LogP contribution in [-0.4, -0.2) is 66.4 Å². The first-order valence-corrected chi connectivity index (χ1v) is 5.94. The van der Waals surface area contributed by atoms with Gasteiger partial charge in [-0.3, -0.25) is 0 Å². The highest BCUT2D eigenvalue weighted by molar-refractivity contribution is 5.82. The maximum atomic E-state index is 11.4. The van der Waals surface area contributed by atoms with Crippen molar-refractivity contribution in [3.63, 3.8) is 0 Å². The molecule has 7 nitrogen and oxygen atoms in total. The third kappa shape index (κ3) is 7.86. The predicted molar refractivity (Wildman–Crippen MR) is 67.4 cm³/mol. The lowest BCUT2D eigenvalue weighted by atomic mass is 10.2. The number of nitrogens with zero attached hydrogens (tertiary/aromatic N) is 1. The van der Waals surface area contributed by atoms with Crippen LogP contribution in [0, 0.1) is 0 Å². The number of carboxylic acid groups (broad SMARTS) is 1. The number of hydrogen-bond donors (Lipinski definition) is 4. The Morgan fingerprint density at radius 1 is 1.28 bits per heavy atom. The molecule has 0 aromatic carbocycles. The number of rotatable bonds is 8. The van der Waals surface area contributed by atoms with Crippen molar-refractivity contribution in [2.24, 2.45) is 0 Å². The van der Waals surface area contributed by atoms with Gasteiger partial charge in [0.15, 0.2) is 6.04 Å². The zero-order valence-electron chi connectivity index (χ0n) is 11.1. The molecule has 4 N–H and O–H groups in total. The van der Waals surface area contributed by atoms with Crippen LogP contribution < -0.4 is 10.6 Å². The van der Waals surface area contributed by atoms with Crippen molar-refractivity contribution < 1.29 is 19.8 Å². The third-order valence-corrected chi connectivity index (χ3v) is 2.35. The Morgan fingerprint density at radius 2 is 1.89 bits per heavy atom. The second kappa shape index (κ2) is 8.71. The van der Waals surface area contributed by atoms with E-state index in [1.807, 2.05) is 19.0 Å². The molecule has 0 aliphatic carbocycles. The van der Waals surface area contributed by atoms with Crippen molar-refractivity contribution >= 4 is 12.0 Å². The van der Waals surface area contributed by atoms with Gasteiger partial charge in [-0.15, -0.1) is 0 Å². The highest BCUT2D eigenvalue weighted by Gasteiger charge is 2.24. The molecule has 2 atom stereocenters. The van der Waals surface area contributed by atoms with Gasteiger partial charge in [0.1, 0.15) is 0 Å². The minimum atomic E-state index is -1.29. The molecule has 106 valence electrons. The Balaban J connectivity index is 3.79. The largest absolute Gasteiger partial charge is 0.480 e. The van der Waals surface area contributed by atoms with Crippen LogP contribution in [0.5, 0.6) is 0 Å². The Kier molecular flexibility index (Phi) is 8.06. The summed E-state index contributed by atoms with van der Waals surface area (Å²) < 4.78 is 0. The second-order valence-corrected chi connectivity index (χ2v) is 4.47. The molecule has 18 heavy (non-hydrogen) atoms. The first-order chi connectivity index (χ1) is 8.34. The van der Waals surface area contributed by atoms with Gasteiger partial charge >= 0.3 is 12.0 Å². The Bertz CT molecular complexity index is 269. The molecule has 0 aromatic rings. The number of unbranched alkanes of at least 4 members (excludes halogenated alkanes) is 1. The van der Waals surface area contributed by atoms with E-state index in [4.69, 9.17) is 5.11 Å². The van der Waals surface area contributed by atoms with Crippen LogP contribution in [0.15, 0.2) is 0 Å². The molecule has 7 heteroatoms. The highest BCUT2D eigenvalue weighted by atomic mass is 16.4. The van der Waals surface area contributed by atoms with E-state index in [0.29, 0.717) is 6.54 Å². The number of hydrogen-bond acceptors (Lipinski definition) is 4. The van der Waals surface area contributed by atoms with Gasteiger partial charge in [-0.05, 0) is 40.4 Å². The molecule has 0 heterocycles. The van der Waals surface area contributed by atoms with E-state index in [0.717, 1.165) is 19.4 Å². The van der Waals surface area contributed by atoms with Crippen LogP contribution in [0.4, 0.5) is 4.79 Å². The summed E-state index contributed by atoms with van der Waals surface area (Å²) >= 11 is 0. The Morgan fingerprint density at radius 3 is 2.33 bits per heavy atom. The number of aliphatic hydroxyl groups excluding tert-OH is 1. The van der Waals surface area contributed by atoms with Crippen molar-refractivity contribution in [3.8, 4) is 0 Å². The standard InChI is InChI=1S/C11H23N3O4/c1-8(15)9(10(16)17)13-11(18)12-6-4-5-7-14(2)3/h8-9,15H,4-7H2,1-3H3,(H,16,17)(H2,12,13,18). The van der Waals surface area contributed by atoms with Crippen molar-refractivity contribution in [1.82, 2.24) is 15.5 Å². The molecule has 0 radical (unpaired) electrons. The molecule has 2 amide bonds. The van der Waals surface area contributed by atoms with Crippen LogP contribution in [0.25, 0.3) is 0 Å². The number of amides is 2. The first-order valence-electron chi connectivity index (χ1n) is 5.94. The van der Waals surface area contributed by atoms with Gasteiger partial charge in [-0.1, -0.05) is 0 Å². The molecular formula is C11H23N3O4. The number of carbonyl (C=O) groups excluding carboxylic acids is 1. The SMILES string of the molecule is CC(O)C(NC(=O)NCCCCN(C)C)C(=O)O. The maximum Gasteiger partial charge on any atom is 0.328 e. The van der Waals surface area contributed by atoms with Gasteiger partial charge in [0.25, 0.3) is 0 Å². The maximum absolute atomic E-state index is 11.4. The van der Waals surface area contributed by atoms with Crippen LogP contribution >= 0.6 is 0 Å². The minimum absolute atomic E-state index is 0.478. The molecule has 0 aromatic heterocycles. The van der Waals surface area contributed by atoms with Crippen molar-refractivity contribution in [2.45, 2.75) is 31.9 Å². The van der Waals surface area contributed by atoms with Gasteiger partial charge in [0, 0.05) is 6.54 Å². The topological polar surface area (TPSA) is 102 Å². The third-order valence-electron chi connectivity index (χ3n) is 2.35. The molecule has 2 unspecified atom stereocenters. The monoisotopic (exact) mass is 261 g/mol. The molecule has 0 aliphatic heterocycles.